The lowest BCUT2D eigenvalue weighted by molar-refractivity contribution is 0.428. The minimum absolute atomic E-state index is 0.498. The van der Waals surface area contributed by atoms with E-state index < -0.39 is 0 Å². The summed E-state index contributed by atoms with van der Waals surface area (Å²) in [6, 6.07) is 16.5. The fourth-order valence-corrected chi connectivity index (χ4v) is 5.25. The van der Waals surface area contributed by atoms with Crippen LogP contribution in [0.15, 0.2) is 51.8 Å². The number of benzene rings is 2. The maximum Gasteiger partial charge on any atom is 0.0344 e. The van der Waals surface area contributed by atoms with Crippen LogP contribution in [0.1, 0.15) is 41.6 Å². The number of nitrogens with one attached hydrogen (secondary N) is 1. The Kier molecular flexibility index (Phi) is 3.82. The molecular weight excluding hydrogens is 342 g/mol. The average molecular weight is 360 g/mol. The van der Waals surface area contributed by atoms with Crippen LogP contribution < -0.4 is 5.32 Å². The normalized spacial score (nSPS) is 23.7. The molecule has 2 unspecified atom stereocenters. The molecule has 3 heteroatoms. The monoisotopic (exact) mass is 359 g/mol. The Balaban J connectivity index is 1.61. The topological polar surface area (TPSA) is 12.0 Å². The molecule has 0 saturated carbocycles. The lowest BCUT2D eigenvalue weighted by Gasteiger charge is -2.29. The molecule has 0 saturated heterocycles. The van der Waals surface area contributed by atoms with Gasteiger partial charge in [0.05, 0.1) is 0 Å². The molecule has 1 N–H and O–H groups in total. The van der Waals surface area contributed by atoms with E-state index in [0.717, 1.165) is 0 Å². The van der Waals surface area contributed by atoms with E-state index in [0.29, 0.717) is 12.1 Å². The zero-order valence-corrected chi connectivity index (χ0v) is 14.2. The predicted molar refractivity (Wildman–Crippen MR) is 92.9 cm³/mol. The van der Waals surface area contributed by atoms with Gasteiger partial charge in [-0.25, -0.2) is 0 Å². The SMILES string of the molecule is Brc1cccc2c1CCC2NC1CCSc2ccccc21. The van der Waals surface area contributed by atoms with Gasteiger partial charge in [0.2, 0.25) is 0 Å². The Bertz CT molecular complexity index is 670. The Morgan fingerprint density at radius 2 is 1.76 bits per heavy atom. The standard InChI is InChI=1S/C18H18BrNS/c19-15-6-3-5-13-12(15)8-9-16(13)20-17-10-11-21-18-7-2-1-4-14(17)18/h1-7,16-17,20H,8-11H2. The predicted octanol–water partition coefficient (Wildman–Crippen LogP) is 5.26. The summed E-state index contributed by atoms with van der Waals surface area (Å²) in [7, 11) is 0. The summed E-state index contributed by atoms with van der Waals surface area (Å²) < 4.78 is 1.27. The summed E-state index contributed by atoms with van der Waals surface area (Å²) in [6.07, 6.45) is 3.61. The third-order valence-corrected chi connectivity index (χ3v) is 6.44. The van der Waals surface area contributed by atoms with Crippen molar-refractivity contribution in [2.45, 2.75) is 36.2 Å². The van der Waals surface area contributed by atoms with E-state index in [1.165, 1.54) is 51.1 Å². The van der Waals surface area contributed by atoms with Gasteiger partial charge in [0.1, 0.15) is 0 Å². The van der Waals surface area contributed by atoms with Crippen LogP contribution in [-0.4, -0.2) is 5.75 Å². The molecule has 0 spiro atoms. The largest absolute Gasteiger partial charge is 0.303 e. The molecule has 4 rings (SSSR count). The van der Waals surface area contributed by atoms with Crippen LogP contribution >= 0.6 is 27.7 Å². The van der Waals surface area contributed by atoms with Crippen molar-refractivity contribution in [3.05, 3.63) is 63.6 Å². The van der Waals surface area contributed by atoms with Gasteiger partial charge in [0.25, 0.3) is 0 Å². The molecule has 0 aromatic heterocycles. The minimum Gasteiger partial charge on any atom is -0.303 e. The van der Waals surface area contributed by atoms with Gasteiger partial charge >= 0.3 is 0 Å². The van der Waals surface area contributed by atoms with E-state index in [1.54, 1.807) is 0 Å². The van der Waals surface area contributed by atoms with Gasteiger partial charge in [-0.1, -0.05) is 46.3 Å². The third-order valence-electron chi connectivity index (χ3n) is 4.57. The number of fused-ring (bicyclic) bond motifs is 2. The van der Waals surface area contributed by atoms with E-state index in [-0.39, 0.29) is 0 Å². The molecule has 2 aliphatic rings. The molecule has 0 fully saturated rings. The molecule has 0 bridgehead atoms. The van der Waals surface area contributed by atoms with Crippen LogP contribution in [-0.2, 0) is 6.42 Å². The summed E-state index contributed by atoms with van der Waals surface area (Å²) >= 11 is 5.69. The average Bonchev–Trinajstić information content (AvgIpc) is 2.92. The van der Waals surface area contributed by atoms with Crippen molar-refractivity contribution in [3.8, 4) is 0 Å². The van der Waals surface area contributed by atoms with Gasteiger partial charge in [-0.15, -0.1) is 11.8 Å². The highest BCUT2D eigenvalue weighted by Gasteiger charge is 2.28. The number of hydrogen-bond donors (Lipinski definition) is 1. The summed E-state index contributed by atoms with van der Waals surface area (Å²) in [4.78, 5) is 1.45. The van der Waals surface area contributed by atoms with Crippen molar-refractivity contribution < 1.29 is 0 Å². The van der Waals surface area contributed by atoms with Crippen LogP contribution in [0.25, 0.3) is 0 Å². The van der Waals surface area contributed by atoms with Crippen LogP contribution in [0, 0.1) is 0 Å². The van der Waals surface area contributed by atoms with Crippen molar-refractivity contribution in [3.63, 3.8) is 0 Å². The molecule has 1 aliphatic carbocycles. The number of hydrogen-bond acceptors (Lipinski definition) is 2. The number of rotatable bonds is 2. The molecule has 21 heavy (non-hydrogen) atoms. The first-order valence-corrected chi connectivity index (χ1v) is 9.36. The molecule has 1 heterocycles. The first-order valence-electron chi connectivity index (χ1n) is 7.58. The quantitative estimate of drug-likeness (QED) is 0.784. The second kappa shape index (κ2) is 5.79. The third kappa shape index (κ3) is 2.56. The summed E-state index contributed by atoms with van der Waals surface area (Å²) in [6.45, 7) is 0. The molecule has 1 nitrogen and oxygen atoms in total. The van der Waals surface area contributed by atoms with Crippen molar-refractivity contribution >= 4 is 27.7 Å². The summed E-state index contributed by atoms with van der Waals surface area (Å²) in [5.41, 5.74) is 4.46. The van der Waals surface area contributed by atoms with Gasteiger partial charge in [-0.3, -0.25) is 0 Å². The maximum atomic E-state index is 3.92. The van der Waals surface area contributed by atoms with Crippen LogP contribution in [0.3, 0.4) is 0 Å². The molecular formula is C18H18BrNS. The number of halogens is 1. The smallest absolute Gasteiger partial charge is 0.0344 e. The van der Waals surface area contributed by atoms with Gasteiger partial charge in [0.15, 0.2) is 0 Å². The highest BCUT2D eigenvalue weighted by molar-refractivity contribution is 9.10. The summed E-state index contributed by atoms with van der Waals surface area (Å²) in [5.74, 6) is 1.22. The Morgan fingerprint density at radius 1 is 0.952 bits per heavy atom. The van der Waals surface area contributed by atoms with E-state index in [1.807, 2.05) is 11.8 Å². The van der Waals surface area contributed by atoms with Crippen LogP contribution in [0.2, 0.25) is 0 Å². The minimum atomic E-state index is 0.498. The van der Waals surface area contributed by atoms with E-state index in [2.05, 4.69) is 63.7 Å². The van der Waals surface area contributed by atoms with Crippen LogP contribution in [0.4, 0.5) is 0 Å². The molecule has 2 aromatic carbocycles. The van der Waals surface area contributed by atoms with E-state index in [9.17, 15) is 0 Å². The zero-order valence-electron chi connectivity index (χ0n) is 11.8. The van der Waals surface area contributed by atoms with Crippen molar-refractivity contribution in [2.75, 3.05) is 5.75 Å². The second-order valence-corrected chi connectivity index (χ2v) is 7.78. The van der Waals surface area contributed by atoms with E-state index >= 15 is 0 Å². The lowest BCUT2D eigenvalue weighted by atomic mass is 10.0. The summed E-state index contributed by atoms with van der Waals surface area (Å²) in [5, 5.41) is 3.92. The molecule has 1 aliphatic heterocycles. The molecule has 2 aromatic rings. The Hall–Kier alpha value is -0.770. The van der Waals surface area contributed by atoms with Gasteiger partial charge in [-0.2, -0.15) is 0 Å². The van der Waals surface area contributed by atoms with Crippen LogP contribution in [0.5, 0.6) is 0 Å². The molecule has 0 radical (unpaired) electrons. The van der Waals surface area contributed by atoms with Crippen molar-refractivity contribution in [2.24, 2.45) is 0 Å². The van der Waals surface area contributed by atoms with Gasteiger partial charge in [0, 0.05) is 21.5 Å². The fraction of sp³-hybridized carbons (Fsp3) is 0.333. The molecule has 108 valence electrons. The maximum absolute atomic E-state index is 3.92. The van der Waals surface area contributed by atoms with Crippen molar-refractivity contribution in [1.82, 2.24) is 5.32 Å². The highest BCUT2D eigenvalue weighted by atomic mass is 79.9. The highest BCUT2D eigenvalue weighted by Crippen LogP contribution is 2.41. The second-order valence-electron chi connectivity index (χ2n) is 5.79. The van der Waals surface area contributed by atoms with Crippen molar-refractivity contribution in [1.29, 1.82) is 0 Å². The zero-order chi connectivity index (χ0) is 14.2. The van der Waals surface area contributed by atoms with E-state index in [4.69, 9.17) is 0 Å². The first kappa shape index (κ1) is 13.9. The van der Waals surface area contributed by atoms with Gasteiger partial charge < -0.3 is 5.32 Å². The first-order chi connectivity index (χ1) is 10.3. The van der Waals surface area contributed by atoms with Gasteiger partial charge in [-0.05, 0) is 53.8 Å². The molecule has 2 atom stereocenters. The lowest BCUT2D eigenvalue weighted by Crippen LogP contribution is -2.27. The Morgan fingerprint density at radius 3 is 2.71 bits per heavy atom. The fourth-order valence-electron chi connectivity index (χ4n) is 3.54. The Labute approximate surface area is 138 Å². The number of thioether (sulfide) groups is 1. The molecule has 0 amide bonds.